The average molecular weight is 469 g/mol. The minimum atomic E-state index is -3.62. The van der Waals surface area contributed by atoms with Crippen molar-refractivity contribution in [3.63, 3.8) is 0 Å². The predicted octanol–water partition coefficient (Wildman–Crippen LogP) is 3.02. The quantitative estimate of drug-likeness (QED) is 0.476. The second kappa shape index (κ2) is 9.89. The normalized spacial score (nSPS) is 13.8. The Labute approximate surface area is 185 Å². The van der Waals surface area contributed by atoms with Crippen LogP contribution in [0.4, 0.5) is 0 Å². The number of aromatic nitrogens is 3. The first-order valence-corrected chi connectivity index (χ1v) is 11.7. The first kappa shape index (κ1) is 22.7. The van der Waals surface area contributed by atoms with Gasteiger partial charge in [0.25, 0.3) is 0 Å². The van der Waals surface area contributed by atoms with Gasteiger partial charge in [0, 0.05) is 22.2 Å². The van der Waals surface area contributed by atoms with Crippen LogP contribution in [0, 0.1) is 0 Å². The molecule has 0 saturated heterocycles. The minimum Gasteiger partial charge on any atom is -0.382 e. The predicted molar refractivity (Wildman–Crippen MR) is 117 cm³/mol. The van der Waals surface area contributed by atoms with Gasteiger partial charge in [-0.15, -0.1) is 0 Å². The van der Waals surface area contributed by atoms with Crippen LogP contribution in [0.1, 0.15) is 17.5 Å². The number of sulfonamides is 1. The Kier molecular flexibility index (Phi) is 7.49. The van der Waals surface area contributed by atoms with E-state index in [-0.39, 0.29) is 23.9 Å². The summed E-state index contributed by atoms with van der Waals surface area (Å²) in [6.45, 7) is -0.317. The number of rotatable bonds is 10. The number of aryl methyl sites for hydroxylation is 1. The molecule has 3 rings (SSSR count). The monoisotopic (exact) mass is 468 g/mol. The molecular weight excluding hydrogens is 447 g/mol. The van der Waals surface area contributed by atoms with Crippen LogP contribution in [0.3, 0.4) is 0 Å². The highest BCUT2D eigenvalue weighted by Crippen LogP contribution is 2.31. The van der Waals surface area contributed by atoms with Crippen LogP contribution in [0.2, 0.25) is 10.0 Å². The number of benzene rings is 2. The molecule has 1 atom stereocenters. The number of aliphatic hydroxyl groups is 1. The lowest BCUT2D eigenvalue weighted by Crippen LogP contribution is -2.44. The minimum absolute atomic E-state index is 0.0408. The number of halogens is 2. The zero-order chi connectivity index (χ0) is 21.6. The molecule has 1 aromatic heterocycles. The number of nitrogens with zero attached hydrogens (tertiary/aromatic N) is 3. The Morgan fingerprint density at radius 2 is 1.90 bits per heavy atom. The van der Waals surface area contributed by atoms with E-state index in [0.717, 1.165) is 5.56 Å². The van der Waals surface area contributed by atoms with E-state index in [0.29, 0.717) is 23.4 Å². The molecule has 7 nitrogen and oxygen atoms in total. The third-order valence-corrected chi connectivity index (χ3v) is 6.59. The number of hydrogen-bond acceptors (Lipinski definition) is 5. The summed E-state index contributed by atoms with van der Waals surface area (Å²) in [5.41, 5.74) is -0.235. The Balaban J connectivity index is 1.71. The smallest absolute Gasteiger partial charge is 0.211 e. The summed E-state index contributed by atoms with van der Waals surface area (Å²) in [5.74, 6) is -0.0599. The van der Waals surface area contributed by atoms with Crippen molar-refractivity contribution in [1.82, 2.24) is 19.5 Å². The van der Waals surface area contributed by atoms with Crippen LogP contribution in [0.15, 0.2) is 61.2 Å². The average Bonchev–Trinajstić information content (AvgIpc) is 3.20. The highest BCUT2D eigenvalue weighted by Gasteiger charge is 2.34. The van der Waals surface area contributed by atoms with Gasteiger partial charge < -0.3 is 5.11 Å². The van der Waals surface area contributed by atoms with Gasteiger partial charge in [-0.2, -0.15) is 5.10 Å². The molecule has 2 N–H and O–H groups in total. The molecule has 0 aliphatic carbocycles. The van der Waals surface area contributed by atoms with Crippen molar-refractivity contribution in [3.8, 4) is 0 Å². The van der Waals surface area contributed by atoms with Gasteiger partial charge in [-0.05, 0) is 30.5 Å². The van der Waals surface area contributed by atoms with Crippen molar-refractivity contribution in [2.75, 3.05) is 12.3 Å². The second-order valence-corrected chi connectivity index (χ2v) is 9.75. The molecule has 0 fully saturated rings. The summed E-state index contributed by atoms with van der Waals surface area (Å²) in [6, 6.07) is 14.3. The molecule has 0 amide bonds. The fourth-order valence-electron chi connectivity index (χ4n) is 3.10. The molecule has 1 unspecified atom stereocenters. The van der Waals surface area contributed by atoms with Crippen molar-refractivity contribution in [2.24, 2.45) is 0 Å². The van der Waals surface area contributed by atoms with Gasteiger partial charge in [-0.25, -0.2) is 22.8 Å². The summed E-state index contributed by atoms with van der Waals surface area (Å²) in [6.07, 6.45) is 3.87. The third-order valence-electron chi connectivity index (χ3n) is 4.63. The Hall–Kier alpha value is -1.97. The standard InChI is InChI=1S/C20H22Cl2N4O3S/c21-17-8-9-18(19(22)11-17)20(27,13-26-15-23-14-24-26)12-25-30(28,29)10-4-7-16-5-2-1-3-6-16/h1-3,5-6,8-9,11,14-15,25,27H,4,7,10,12-13H2. The number of nitrogens with one attached hydrogen (secondary N) is 1. The van der Waals surface area contributed by atoms with Gasteiger partial charge in [0.05, 0.1) is 12.3 Å². The van der Waals surface area contributed by atoms with Crippen LogP contribution in [0.5, 0.6) is 0 Å². The summed E-state index contributed by atoms with van der Waals surface area (Å²) in [7, 11) is -3.62. The molecule has 0 aliphatic rings. The second-order valence-electron chi connectivity index (χ2n) is 6.98. The molecule has 0 radical (unpaired) electrons. The molecule has 30 heavy (non-hydrogen) atoms. The van der Waals surface area contributed by atoms with Gasteiger partial charge in [0.2, 0.25) is 10.0 Å². The van der Waals surface area contributed by atoms with E-state index < -0.39 is 15.6 Å². The van der Waals surface area contributed by atoms with Gasteiger partial charge >= 0.3 is 0 Å². The highest BCUT2D eigenvalue weighted by molar-refractivity contribution is 7.89. The molecule has 2 aromatic carbocycles. The largest absolute Gasteiger partial charge is 0.382 e. The lowest BCUT2D eigenvalue weighted by molar-refractivity contribution is 0.0204. The Morgan fingerprint density at radius 1 is 1.13 bits per heavy atom. The SMILES string of the molecule is O=S(=O)(CCCc1ccccc1)NCC(O)(Cn1cncn1)c1ccc(Cl)cc1Cl. The van der Waals surface area contributed by atoms with Crippen molar-refractivity contribution < 1.29 is 13.5 Å². The first-order valence-electron chi connectivity index (χ1n) is 9.29. The van der Waals surface area contributed by atoms with Crippen molar-refractivity contribution in [3.05, 3.63) is 82.4 Å². The molecule has 160 valence electrons. The maximum Gasteiger partial charge on any atom is 0.211 e. The summed E-state index contributed by atoms with van der Waals surface area (Å²) in [5, 5.41) is 16.0. The van der Waals surface area contributed by atoms with Crippen molar-refractivity contribution >= 4 is 33.2 Å². The maximum absolute atomic E-state index is 12.5. The van der Waals surface area contributed by atoms with Crippen LogP contribution in [0.25, 0.3) is 0 Å². The van der Waals surface area contributed by atoms with Crippen LogP contribution in [-0.2, 0) is 28.6 Å². The van der Waals surface area contributed by atoms with E-state index >= 15 is 0 Å². The lowest BCUT2D eigenvalue weighted by Gasteiger charge is -2.29. The molecule has 0 aliphatic heterocycles. The first-order chi connectivity index (χ1) is 14.3. The molecule has 3 aromatic rings. The topological polar surface area (TPSA) is 97.1 Å². The zero-order valence-corrected chi connectivity index (χ0v) is 18.4. The zero-order valence-electron chi connectivity index (χ0n) is 16.1. The molecular formula is C20H22Cl2N4O3S. The van der Waals surface area contributed by atoms with E-state index in [2.05, 4.69) is 14.8 Å². The van der Waals surface area contributed by atoms with Gasteiger partial charge in [0.1, 0.15) is 18.3 Å². The van der Waals surface area contributed by atoms with Gasteiger partial charge in [0.15, 0.2) is 0 Å². The van der Waals surface area contributed by atoms with Crippen molar-refractivity contribution in [1.29, 1.82) is 0 Å². The third kappa shape index (κ3) is 6.26. The summed E-state index contributed by atoms with van der Waals surface area (Å²) < 4.78 is 29.0. The van der Waals surface area contributed by atoms with Crippen LogP contribution < -0.4 is 4.72 Å². The summed E-state index contributed by atoms with van der Waals surface area (Å²) >= 11 is 12.3. The Morgan fingerprint density at radius 3 is 2.57 bits per heavy atom. The molecule has 1 heterocycles. The summed E-state index contributed by atoms with van der Waals surface area (Å²) in [4.78, 5) is 3.86. The molecule has 0 saturated carbocycles. The Bertz CT molecular complexity index is 1060. The van der Waals surface area contributed by atoms with Gasteiger partial charge in [-0.1, -0.05) is 59.6 Å². The lowest BCUT2D eigenvalue weighted by atomic mass is 9.94. The maximum atomic E-state index is 12.5. The van der Waals surface area contributed by atoms with E-state index in [4.69, 9.17) is 23.2 Å². The van der Waals surface area contributed by atoms with Gasteiger partial charge in [-0.3, -0.25) is 0 Å². The van der Waals surface area contributed by atoms with E-state index in [1.165, 1.54) is 23.4 Å². The van der Waals surface area contributed by atoms with Crippen LogP contribution >= 0.6 is 23.2 Å². The number of hydrogen-bond donors (Lipinski definition) is 2. The molecule has 0 bridgehead atoms. The van der Waals surface area contributed by atoms with E-state index in [1.807, 2.05) is 30.3 Å². The van der Waals surface area contributed by atoms with Crippen molar-refractivity contribution in [2.45, 2.75) is 25.0 Å². The molecule has 0 spiro atoms. The van der Waals surface area contributed by atoms with E-state index in [1.54, 1.807) is 12.1 Å². The van der Waals surface area contributed by atoms with E-state index in [9.17, 15) is 13.5 Å². The highest BCUT2D eigenvalue weighted by atomic mass is 35.5. The fourth-order valence-corrected chi connectivity index (χ4v) is 4.81. The van der Waals surface area contributed by atoms with Crippen LogP contribution in [-0.4, -0.2) is 40.6 Å². The fraction of sp³-hybridized carbons (Fsp3) is 0.300. The molecule has 10 heteroatoms.